The Kier molecular flexibility index (Phi) is 3.22. The van der Waals surface area contributed by atoms with Gasteiger partial charge >= 0.3 is 0 Å². The summed E-state index contributed by atoms with van der Waals surface area (Å²) in [5, 5.41) is 6.50. The first-order valence-electron chi connectivity index (χ1n) is 5.32. The molecule has 0 spiro atoms. The molecule has 0 aromatic carbocycles. The molecular formula is C10H14N4O3S. The molecule has 0 bridgehead atoms. The average molecular weight is 270 g/mol. The van der Waals surface area contributed by atoms with Crippen molar-refractivity contribution in [3.05, 3.63) is 29.2 Å². The summed E-state index contributed by atoms with van der Waals surface area (Å²) in [5.74, 6) is 0.967. The summed E-state index contributed by atoms with van der Waals surface area (Å²) in [6.45, 7) is 5.05. The maximum absolute atomic E-state index is 12.1. The van der Waals surface area contributed by atoms with Crippen molar-refractivity contribution >= 4 is 10.0 Å². The molecular weight excluding hydrogens is 256 g/mol. The molecule has 0 aliphatic rings. The van der Waals surface area contributed by atoms with Gasteiger partial charge in [-0.05, 0) is 20.8 Å². The van der Waals surface area contributed by atoms with E-state index in [0.29, 0.717) is 23.0 Å². The summed E-state index contributed by atoms with van der Waals surface area (Å²) < 4.78 is 31.8. The highest BCUT2D eigenvalue weighted by Gasteiger charge is 2.22. The van der Waals surface area contributed by atoms with E-state index >= 15 is 0 Å². The fourth-order valence-corrected chi connectivity index (χ4v) is 2.99. The summed E-state index contributed by atoms with van der Waals surface area (Å²) >= 11 is 0. The van der Waals surface area contributed by atoms with Crippen LogP contribution in [0.25, 0.3) is 0 Å². The van der Waals surface area contributed by atoms with Crippen LogP contribution >= 0.6 is 0 Å². The third-order valence-corrected chi connectivity index (χ3v) is 4.08. The van der Waals surface area contributed by atoms with E-state index in [9.17, 15) is 8.42 Å². The van der Waals surface area contributed by atoms with Crippen LogP contribution in [0.5, 0.6) is 0 Å². The Hall–Kier alpha value is -1.67. The number of hydrogen-bond donors (Lipinski definition) is 2. The van der Waals surface area contributed by atoms with Crippen molar-refractivity contribution in [2.75, 3.05) is 0 Å². The number of aromatic nitrogens is 3. The van der Waals surface area contributed by atoms with Gasteiger partial charge in [0.25, 0.3) is 0 Å². The van der Waals surface area contributed by atoms with Crippen LogP contribution in [0.2, 0.25) is 0 Å². The molecule has 2 rings (SSSR count). The third kappa shape index (κ3) is 2.44. The number of aryl methyl sites for hydroxylation is 3. The number of rotatable bonds is 4. The minimum absolute atomic E-state index is 0.0141. The maximum Gasteiger partial charge on any atom is 0.244 e. The van der Waals surface area contributed by atoms with Gasteiger partial charge in [0, 0.05) is 0 Å². The van der Waals surface area contributed by atoms with Crippen LogP contribution in [0.15, 0.2) is 15.5 Å². The predicted molar refractivity (Wildman–Crippen MR) is 63.3 cm³/mol. The van der Waals surface area contributed by atoms with Crippen LogP contribution in [-0.4, -0.2) is 23.6 Å². The first-order valence-corrected chi connectivity index (χ1v) is 6.81. The Morgan fingerprint density at radius 3 is 2.61 bits per heavy atom. The van der Waals surface area contributed by atoms with Gasteiger partial charge in [-0.15, -0.1) is 0 Å². The van der Waals surface area contributed by atoms with Gasteiger partial charge in [-0.1, -0.05) is 0 Å². The van der Waals surface area contributed by atoms with Crippen molar-refractivity contribution in [2.24, 2.45) is 0 Å². The van der Waals surface area contributed by atoms with E-state index in [1.807, 2.05) is 0 Å². The second kappa shape index (κ2) is 4.54. The molecule has 0 atom stereocenters. The molecule has 2 aromatic rings. The Bertz CT molecular complexity index is 637. The van der Waals surface area contributed by atoms with Crippen LogP contribution in [0.4, 0.5) is 0 Å². The van der Waals surface area contributed by atoms with Gasteiger partial charge < -0.3 is 4.42 Å². The number of oxazole rings is 1. The number of aromatic amines is 1. The molecule has 0 aliphatic carbocycles. The largest absolute Gasteiger partial charge is 0.445 e. The summed E-state index contributed by atoms with van der Waals surface area (Å²) in [5.41, 5.74) is 0.937. The molecule has 8 heteroatoms. The lowest BCUT2D eigenvalue weighted by Gasteiger charge is -2.04. The maximum atomic E-state index is 12.1. The molecule has 0 saturated heterocycles. The van der Waals surface area contributed by atoms with Gasteiger partial charge in [0.1, 0.15) is 10.7 Å². The van der Waals surface area contributed by atoms with Crippen LogP contribution in [0, 0.1) is 20.8 Å². The van der Waals surface area contributed by atoms with Crippen LogP contribution < -0.4 is 4.72 Å². The topological polar surface area (TPSA) is 101 Å². The molecule has 0 fully saturated rings. The highest BCUT2D eigenvalue weighted by atomic mass is 32.2. The first kappa shape index (κ1) is 12.8. The molecule has 0 aliphatic heterocycles. The molecule has 18 heavy (non-hydrogen) atoms. The highest BCUT2D eigenvalue weighted by molar-refractivity contribution is 7.89. The van der Waals surface area contributed by atoms with Gasteiger partial charge in [-0.25, -0.2) is 18.1 Å². The lowest BCUT2D eigenvalue weighted by molar-refractivity contribution is 0.463. The summed E-state index contributed by atoms with van der Waals surface area (Å²) in [7, 11) is -3.61. The van der Waals surface area contributed by atoms with Gasteiger partial charge in [0.05, 0.1) is 24.1 Å². The highest BCUT2D eigenvalue weighted by Crippen LogP contribution is 2.16. The Balaban J connectivity index is 2.18. The Morgan fingerprint density at radius 2 is 2.11 bits per heavy atom. The SMILES string of the molecule is Cc1cnc(CNS(=O)(=O)c2c(C)n[nH]c2C)o1. The first-order chi connectivity index (χ1) is 8.40. The zero-order valence-electron chi connectivity index (χ0n) is 10.3. The number of nitrogens with one attached hydrogen (secondary N) is 2. The second-order valence-electron chi connectivity index (χ2n) is 3.95. The number of hydrogen-bond acceptors (Lipinski definition) is 5. The quantitative estimate of drug-likeness (QED) is 0.855. The molecule has 2 heterocycles. The van der Waals surface area contributed by atoms with E-state index in [1.165, 1.54) is 6.20 Å². The molecule has 98 valence electrons. The fourth-order valence-electron chi connectivity index (χ4n) is 1.65. The van der Waals surface area contributed by atoms with E-state index in [-0.39, 0.29) is 11.4 Å². The summed E-state index contributed by atoms with van der Waals surface area (Å²) in [4.78, 5) is 4.10. The minimum Gasteiger partial charge on any atom is -0.445 e. The van der Waals surface area contributed by atoms with Gasteiger partial charge in [-0.3, -0.25) is 5.10 Å². The van der Waals surface area contributed by atoms with Crippen LogP contribution in [0.1, 0.15) is 23.0 Å². The molecule has 0 unspecified atom stereocenters. The fraction of sp³-hybridized carbons (Fsp3) is 0.400. The molecule has 0 amide bonds. The normalized spacial score (nSPS) is 11.9. The molecule has 2 aromatic heterocycles. The average Bonchev–Trinajstić information content (AvgIpc) is 2.83. The molecule has 2 N–H and O–H groups in total. The van der Waals surface area contributed by atoms with Crippen molar-refractivity contribution in [1.82, 2.24) is 19.9 Å². The zero-order valence-corrected chi connectivity index (χ0v) is 11.1. The lowest BCUT2D eigenvalue weighted by Crippen LogP contribution is -2.24. The van der Waals surface area contributed by atoms with Crippen LogP contribution in [0.3, 0.4) is 0 Å². The minimum atomic E-state index is -3.61. The lowest BCUT2D eigenvalue weighted by atomic mass is 10.4. The second-order valence-corrected chi connectivity index (χ2v) is 5.66. The van der Waals surface area contributed by atoms with E-state index in [0.717, 1.165) is 0 Å². The van der Waals surface area contributed by atoms with Crippen molar-refractivity contribution in [1.29, 1.82) is 0 Å². The van der Waals surface area contributed by atoms with Crippen molar-refractivity contribution in [3.8, 4) is 0 Å². The summed E-state index contributed by atoms with van der Waals surface area (Å²) in [6, 6.07) is 0. The van der Waals surface area contributed by atoms with Gasteiger partial charge in [0.15, 0.2) is 0 Å². The number of H-pyrrole nitrogens is 1. The predicted octanol–water partition coefficient (Wildman–Crippen LogP) is 0.801. The molecule has 0 radical (unpaired) electrons. The Labute approximate surface area is 105 Å². The van der Waals surface area contributed by atoms with Crippen molar-refractivity contribution in [2.45, 2.75) is 32.2 Å². The van der Waals surface area contributed by atoms with Gasteiger partial charge in [-0.2, -0.15) is 5.10 Å². The monoisotopic (exact) mass is 270 g/mol. The molecule has 7 nitrogen and oxygen atoms in total. The third-order valence-electron chi connectivity index (χ3n) is 2.41. The van der Waals surface area contributed by atoms with Crippen molar-refractivity contribution < 1.29 is 12.8 Å². The number of nitrogens with zero attached hydrogens (tertiary/aromatic N) is 2. The van der Waals surface area contributed by atoms with Gasteiger partial charge in [0.2, 0.25) is 15.9 Å². The smallest absolute Gasteiger partial charge is 0.244 e. The van der Waals surface area contributed by atoms with Crippen molar-refractivity contribution in [3.63, 3.8) is 0 Å². The van der Waals surface area contributed by atoms with E-state index in [1.54, 1.807) is 20.8 Å². The van der Waals surface area contributed by atoms with E-state index in [2.05, 4.69) is 19.9 Å². The van der Waals surface area contributed by atoms with E-state index in [4.69, 9.17) is 4.42 Å². The number of sulfonamides is 1. The molecule has 0 saturated carbocycles. The standard InChI is InChI=1S/C10H14N4O3S/c1-6-4-11-9(17-6)5-12-18(15,16)10-7(2)13-14-8(10)3/h4,12H,5H2,1-3H3,(H,13,14). The zero-order chi connectivity index (χ0) is 13.3. The van der Waals surface area contributed by atoms with E-state index < -0.39 is 10.0 Å². The van der Waals surface area contributed by atoms with Crippen LogP contribution in [-0.2, 0) is 16.6 Å². The summed E-state index contributed by atoms with van der Waals surface area (Å²) in [6.07, 6.45) is 1.54. The Morgan fingerprint density at radius 1 is 1.39 bits per heavy atom.